The highest BCUT2D eigenvalue weighted by Gasteiger charge is 2.63. The summed E-state index contributed by atoms with van der Waals surface area (Å²) in [6, 6.07) is 6.32. The molecule has 13 nitrogen and oxygen atoms in total. The third-order valence-corrected chi connectivity index (χ3v) is 22.0. The lowest BCUT2D eigenvalue weighted by molar-refractivity contribution is -0.385. The molecule has 1 aromatic carbocycles. The molecule has 3 aliphatic heterocycles. The van der Waals surface area contributed by atoms with Gasteiger partial charge in [0.2, 0.25) is 0 Å². The number of hydrogen-bond acceptors (Lipinski definition) is 12. The molecule has 1 aromatic rings. The van der Waals surface area contributed by atoms with Crippen molar-refractivity contribution in [3.05, 3.63) is 39.9 Å². The van der Waals surface area contributed by atoms with Gasteiger partial charge < -0.3 is 23.9 Å². The molecule has 4 atom stereocenters. The van der Waals surface area contributed by atoms with Gasteiger partial charge >= 0.3 is 5.97 Å². The van der Waals surface area contributed by atoms with Gasteiger partial charge in [0.05, 0.1) is 24.8 Å². The van der Waals surface area contributed by atoms with Crippen LogP contribution in [0.3, 0.4) is 0 Å². The van der Waals surface area contributed by atoms with Crippen LogP contribution in [0.15, 0.2) is 39.2 Å². The van der Waals surface area contributed by atoms with Crippen molar-refractivity contribution < 1.29 is 28.7 Å². The Morgan fingerprint density at radius 2 is 1.73 bits per heavy atom. The van der Waals surface area contributed by atoms with Crippen LogP contribution in [0.4, 0.5) is 5.69 Å². The summed E-state index contributed by atoms with van der Waals surface area (Å²) in [6.07, 6.45) is 0.375. The molecule has 2 N–H and O–H groups in total. The number of nitro groups is 1. The van der Waals surface area contributed by atoms with Gasteiger partial charge in [-0.15, -0.1) is 0 Å². The number of aliphatic hydroxyl groups is 1. The fraction of sp³-hybridized carbons (Fsp3) is 0.706. The van der Waals surface area contributed by atoms with Gasteiger partial charge in [0.15, 0.2) is 14.2 Å². The van der Waals surface area contributed by atoms with Gasteiger partial charge in [-0.2, -0.15) is 0 Å². The normalized spacial score (nSPS) is 26.4. The lowest BCUT2D eigenvalue weighted by Crippen LogP contribution is -2.65. The maximum Gasteiger partial charge on any atom is 0.356 e. The molecule has 3 heterocycles. The van der Waals surface area contributed by atoms with Gasteiger partial charge in [-0.25, -0.2) is 14.8 Å². The molecule has 1 saturated heterocycles. The number of hydrogen-bond donors (Lipinski definition) is 2. The lowest BCUT2D eigenvalue weighted by Gasteiger charge is -2.49. The van der Waals surface area contributed by atoms with Gasteiger partial charge in [-0.05, 0) is 43.9 Å². The van der Waals surface area contributed by atoms with Crippen molar-refractivity contribution in [3.63, 3.8) is 0 Å². The number of nitrogens with zero attached hydrogens (tertiary/aromatic N) is 5. The summed E-state index contributed by atoms with van der Waals surface area (Å²) in [6.45, 7) is 27.4. The van der Waals surface area contributed by atoms with Crippen LogP contribution in [-0.2, 0) is 25.2 Å². The van der Waals surface area contributed by atoms with Crippen molar-refractivity contribution in [1.82, 2.24) is 10.2 Å². The first-order chi connectivity index (χ1) is 22.3. The summed E-state index contributed by atoms with van der Waals surface area (Å²) >= 11 is 0. The zero-order valence-corrected chi connectivity index (χ0v) is 33.5. The number of nitro benzene ring substituents is 1. The van der Waals surface area contributed by atoms with Gasteiger partial charge in [-0.3, -0.25) is 20.4 Å². The Labute approximate surface area is 292 Å². The fourth-order valence-corrected chi connectivity index (χ4v) is 9.91. The minimum atomic E-state index is -2.48. The molecule has 0 spiro atoms. The van der Waals surface area contributed by atoms with E-state index in [9.17, 15) is 20.0 Å². The molecule has 1 fully saturated rings. The minimum absolute atomic E-state index is 0.0217. The van der Waals surface area contributed by atoms with Crippen LogP contribution in [-0.4, -0.2) is 97.3 Å². The molecule has 0 radical (unpaired) electrons. The Bertz CT molecular complexity index is 1540. The number of carbonyl (C=O) groups excluding carboxylic acids is 1. The van der Waals surface area contributed by atoms with E-state index in [-0.39, 0.29) is 41.3 Å². The number of benzene rings is 1. The van der Waals surface area contributed by atoms with Crippen molar-refractivity contribution >= 4 is 45.9 Å². The van der Waals surface area contributed by atoms with E-state index in [1.54, 1.807) is 39.0 Å². The molecule has 3 aliphatic rings. The van der Waals surface area contributed by atoms with Crippen LogP contribution < -0.4 is 5.32 Å². The molecule has 272 valence electrons. The summed E-state index contributed by atoms with van der Waals surface area (Å²) in [4.78, 5) is 41.1. The number of para-hydroxylation sites is 1. The highest BCUT2D eigenvalue weighted by atomic mass is 28.4. The Morgan fingerprint density at radius 1 is 1.10 bits per heavy atom. The largest absolute Gasteiger partial charge is 0.457 e. The second-order valence-corrected chi connectivity index (χ2v) is 27.8. The molecule has 4 rings (SSSR count). The van der Waals surface area contributed by atoms with E-state index in [2.05, 4.69) is 83.0 Å². The summed E-state index contributed by atoms with van der Waals surface area (Å²) in [7, 11) is -4.66. The topological polar surface area (TPSA) is 160 Å². The average Bonchev–Trinajstić information content (AvgIpc) is 3.55. The van der Waals surface area contributed by atoms with Crippen molar-refractivity contribution in [1.29, 1.82) is 0 Å². The molecular formula is C34H56N6O7Si2. The van der Waals surface area contributed by atoms with Crippen LogP contribution >= 0.6 is 0 Å². The predicted molar refractivity (Wildman–Crippen MR) is 197 cm³/mol. The van der Waals surface area contributed by atoms with Crippen molar-refractivity contribution in [2.45, 2.75) is 140 Å². The standard InChI is InChI=1S/C34H56N6O7Si2/c1-30(2,3)47-29(41)34(37-19-23-16-14-15-17-24(23)40(43)44)27-28(35-21-38-34)39(22-36-27)26-18-33(42,48(10,11)31(4,5)6)25(46-26)20-45-49(12,13)32(7,8)9/h14-17,21,25-26,37,42H,18-20,22H2,1-13H3/t25-,26-,33-,34?/m1/s1. The molecular weight excluding hydrogens is 661 g/mol. The summed E-state index contributed by atoms with van der Waals surface area (Å²) in [5, 5.41) is 26.3. The number of aliphatic imine (C=N–C) groups is 3. The first-order valence-corrected chi connectivity index (χ1v) is 22.8. The van der Waals surface area contributed by atoms with Crippen LogP contribution in [0.1, 0.15) is 74.3 Å². The van der Waals surface area contributed by atoms with E-state index >= 15 is 0 Å². The quantitative estimate of drug-likeness (QED) is 0.132. The van der Waals surface area contributed by atoms with E-state index in [1.165, 1.54) is 12.4 Å². The van der Waals surface area contributed by atoms with E-state index in [4.69, 9.17) is 18.9 Å². The number of ether oxygens (including phenoxy) is 2. The van der Waals surface area contributed by atoms with Crippen molar-refractivity contribution in [2.75, 3.05) is 13.3 Å². The Morgan fingerprint density at radius 3 is 2.31 bits per heavy atom. The first-order valence-electron chi connectivity index (χ1n) is 16.9. The van der Waals surface area contributed by atoms with Crippen molar-refractivity contribution in [3.8, 4) is 0 Å². The Hall–Kier alpha value is -2.83. The second-order valence-electron chi connectivity index (χ2n) is 17.4. The van der Waals surface area contributed by atoms with Crippen LogP contribution in [0.25, 0.3) is 0 Å². The summed E-state index contributed by atoms with van der Waals surface area (Å²) < 4.78 is 19.3. The number of carbonyl (C=O) groups is 1. The zero-order valence-electron chi connectivity index (χ0n) is 31.5. The highest BCUT2D eigenvalue weighted by Crippen LogP contribution is 2.51. The molecule has 0 bridgehead atoms. The van der Waals surface area contributed by atoms with Crippen LogP contribution in [0.5, 0.6) is 0 Å². The van der Waals surface area contributed by atoms with Crippen LogP contribution in [0.2, 0.25) is 36.3 Å². The van der Waals surface area contributed by atoms with Gasteiger partial charge in [0.25, 0.3) is 11.4 Å². The molecule has 1 unspecified atom stereocenters. The molecule has 49 heavy (non-hydrogen) atoms. The number of fused-ring (bicyclic) bond motifs is 1. The third kappa shape index (κ3) is 7.33. The van der Waals surface area contributed by atoms with E-state index in [0.717, 1.165) is 0 Å². The van der Waals surface area contributed by atoms with Gasteiger partial charge in [0, 0.05) is 24.6 Å². The smallest absolute Gasteiger partial charge is 0.356 e. The molecule has 0 aliphatic carbocycles. The Balaban J connectivity index is 1.70. The SMILES string of the molecule is CC(C)(C)OC(=O)C1(NCc2ccccc2[N+](=O)[O-])N=CN=C2C1=NCN2[C@H]1C[C@@](O)([Si](C)(C)C(C)(C)C)[C@@H](CO[Si](C)(C)C(C)(C)C)O1. The monoisotopic (exact) mass is 716 g/mol. The molecule has 15 heteroatoms. The lowest BCUT2D eigenvalue weighted by atomic mass is 10.00. The molecule has 0 saturated carbocycles. The maximum atomic E-state index is 14.0. The highest BCUT2D eigenvalue weighted by molar-refractivity contribution is 6.83. The van der Waals surface area contributed by atoms with Gasteiger partial charge in [-0.1, -0.05) is 72.8 Å². The first kappa shape index (κ1) is 39.0. The van der Waals surface area contributed by atoms with E-state index in [0.29, 0.717) is 17.8 Å². The third-order valence-electron chi connectivity index (χ3n) is 11.1. The zero-order chi connectivity index (χ0) is 37.0. The number of rotatable bonds is 10. The predicted octanol–water partition coefficient (Wildman–Crippen LogP) is 5.79. The number of amidine groups is 1. The maximum absolute atomic E-state index is 14.0. The second kappa shape index (κ2) is 13.1. The molecule has 0 amide bonds. The average molecular weight is 717 g/mol. The number of esters is 1. The number of nitrogens with one attached hydrogen (secondary N) is 1. The van der Waals surface area contributed by atoms with Crippen LogP contribution in [0, 0.1) is 10.1 Å². The van der Waals surface area contributed by atoms with Gasteiger partial charge in [0.1, 0.15) is 36.7 Å². The van der Waals surface area contributed by atoms with E-state index in [1.807, 2.05) is 4.90 Å². The molecule has 0 aromatic heterocycles. The fourth-order valence-electron chi connectivity index (χ4n) is 5.97. The van der Waals surface area contributed by atoms with Crippen molar-refractivity contribution in [2.24, 2.45) is 15.0 Å². The minimum Gasteiger partial charge on any atom is -0.457 e. The summed E-state index contributed by atoms with van der Waals surface area (Å²) in [5.74, 6) is -0.349. The summed E-state index contributed by atoms with van der Waals surface area (Å²) in [5.41, 5.74) is -2.19. The Kier molecular flexibility index (Phi) is 10.4. The van der Waals surface area contributed by atoms with E-state index < -0.39 is 56.1 Å².